The second kappa shape index (κ2) is 6.17. The molecular weight excluding hydrogens is 268 g/mol. The molecule has 0 bridgehead atoms. The molecule has 1 rings (SSSR count). The van der Waals surface area contributed by atoms with Crippen molar-refractivity contribution in [3.63, 3.8) is 0 Å². The van der Waals surface area contributed by atoms with E-state index in [-0.39, 0.29) is 16.0 Å². The summed E-state index contributed by atoms with van der Waals surface area (Å²) in [6.45, 7) is 6.15. The fraction of sp³-hybridized carbons (Fsp3) is 0.357. The van der Waals surface area contributed by atoms with Crippen molar-refractivity contribution >= 4 is 29.3 Å². The van der Waals surface area contributed by atoms with Crippen molar-refractivity contribution in [2.75, 3.05) is 5.75 Å². The van der Waals surface area contributed by atoms with Gasteiger partial charge in [0.1, 0.15) is 0 Å². The molecule has 0 aliphatic rings. The highest BCUT2D eigenvalue weighted by molar-refractivity contribution is 7.99. The largest absolute Gasteiger partial charge is 0.478 e. The molecule has 0 heterocycles. The lowest BCUT2D eigenvalue weighted by Crippen LogP contribution is -1.99. The smallest absolute Gasteiger partial charge is 0.337 e. The van der Waals surface area contributed by atoms with Gasteiger partial charge in [-0.25, -0.2) is 4.79 Å². The zero-order valence-electron chi connectivity index (χ0n) is 10.6. The van der Waals surface area contributed by atoms with Gasteiger partial charge in [0.15, 0.2) is 0 Å². The fourth-order valence-electron chi connectivity index (χ4n) is 1.18. The van der Waals surface area contributed by atoms with E-state index < -0.39 is 5.97 Å². The minimum absolute atomic E-state index is 0.00716. The summed E-state index contributed by atoms with van der Waals surface area (Å²) < 4.78 is 0. The van der Waals surface area contributed by atoms with Gasteiger partial charge in [0.05, 0.1) is 16.3 Å². The quantitative estimate of drug-likeness (QED) is 0.667. The van der Waals surface area contributed by atoms with Crippen LogP contribution in [0.15, 0.2) is 23.1 Å². The summed E-state index contributed by atoms with van der Waals surface area (Å²) in [6.07, 6.45) is 0. The van der Waals surface area contributed by atoms with Crippen LogP contribution in [0.5, 0.6) is 0 Å². The van der Waals surface area contributed by atoms with Gasteiger partial charge >= 0.3 is 5.97 Å². The second-order valence-corrected chi connectivity index (χ2v) is 6.24. The summed E-state index contributed by atoms with van der Waals surface area (Å²) in [5.74, 6) is 5.82. The topological polar surface area (TPSA) is 37.3 Å². The first kappa shape index (κ1) is 14.9. The lowest BCUT2D eigenvalue weighted by molar-refractivity contribution is 0.0697. The normalized spacial score (nSPS) is 10.7. The zero-order valence-corrected chi connectivity index (χ0v) is 12.2. The Bertz CT molecular complexity index is 507. The minimum atomic E-state index is -1.01. The number of thioether (sulfide) groups is 1. The van der Waals surface area contributed by atoms with E-state index in [4.69, 9.17) is 16.7 Å². The molecule has 1 aromatic rings. The maximum Gasteiger partial charge on any atom is 0.337 e. The predicted molar refractivity (Wildman–Crippen MR) is 76.4 cm³/mol. The number of carboxylic acids is 1. The maximum atomic E-state index is 10.9. The van der Waals surface area contributed by atoms with Crippen molar-refractivity contribution < 1.29 is 9.90 Å². The number of carboxylic acid groups (broad SMARTS) is 1. The van der Waals surface area contributed by atoms with Crippen molar-refractivity contribution in [2.24, 2.45) is 5.41 Å². The molecule has 0 radical (unpaired) electrons. The highest BCUT2D eigenvalue weighted by Gasteiger charge is 2.09. The van der Waals surface area contributed by atoms with Crippen molar-refractivity contribution in [2.45, 2.75) is 25.7 Å². The van der Waals surface area contributed by atoms with E-state index in [0.29, 0.717) is 5.75 Å². The lowest BCUT2D eigenvalue weighted by Gasteiger charge is -2.07. The van der Waals surface area contributed by atoms with Gasteiger partial charge in [0.2, 0.25) is 0 Å². The first-order valence-corrected chi connectivity index (χ1v) is 6.81. The first-order valence-electron chi connectivity index (χ1n) is 5.45. The van der Waals surface area contributed by atoms with Crippen LogP contribution in [0.2, 0.25) is 5.02 Å². The average molecular weight is 283 g/mol. The zero-order chi connectivity index (χ0) is 13.8. The van der Waals surface area contributed by atoms with Crippen molar-refractivity contribution in [1.82, 2.24) is 0 Å². The van der Waals surface area contributed by atoms with E-state index >= 15 is 0 Å². The molecule has 0 atom stereocenters. The molecule has 18 heavy (non-hydrogen) atoms. The van der Waals surface area contributed by atoms with E-state index in [0.717, 1.165) is 4.90 Å². The molecule has 96 valence electrons. The Morgan fingerprint density at radius 1 is 1.44 bits per heavy atom. The Kier molecular flexibility index (Phi) is 5.13. The molecule has 0 aliphatic heterocycles. The molecule has 0 saturated carbocycles. The third-order valence-corrected chi connectivity index (χ3v) is 3.15. The summed E-state index contributed by atoms with van der Waals surface area (Å²) in [7, 11) is 0. The highest BCUT2D eigenvalue weighted by Crippen LogP contribution is 2.24. The van der Waals surface area contributed by atoms with Gasteiger partial charge < -0.3 is 5.11 Å². The van der Waals surface area contributed by atoms with Crippen LogP contribution in [-0.4, -0.2) is 16.8 Å². The molecule has 0 fully saturated rings. The summed E-state index contributed by atoms with van der Waals surface area (Å²) in [6, 6.07) is 4.98. The standard InChI is InChI=1S/C14H15ClO2S/c1-14(2,3)7-4-8-18-10-5-6-12(15)11(9-10)13(16)17/h5-6,9H,8H2,1-3H3,(H,16,17). The molecule has 0 aliphatic carbocycles. The average Bonchev–Trinajstić information content (AvgIpc) is 2.24. The van der Waals surface area contributed by atoms with Gasteiger partial charge in [-0.2, -0.15) is 0 Å². The van der Waals surface area contributed by atoms with E-state index in [9.17, 15) is 4.79 Å². The Hall–Kier alpha value is -1.11. The SMILES string of the molecule is CC(C)(C)C#CCSc1ccc(Cl)c(C(=O)O)c1. The third-order valence-electron chi connectivity index (χ3n) is 1.94. The molecule has 0 unspecified atom stereocenters. The van der Waals surface area contributed by atoms with Gasteiger partial charge in [-0.15, -0.1) is 11.8 Å². The summed E-state index contributed by atoms with van der Waals surface area (Å²) in [4.78, 5) is 11.8. The number of benzene rings is 1. The van der Waals surface area contributed by atoms with Crippen molar-refractivity contribution in [3.05, 3.63) is 28.8 Å². The molecule has 2 nitrogen and oxygen atoms in total. The molecule has 0 aromatic heterocycles. The van der Waals surface area contributed by atoms with Gasteiger partial charge in [0, 0.05) is 10.3 Å². The number of hydrogen-bond donors (Lipinski definition) is 1. The van der Waals surface area contributed by atoms with Crippen molar-refractivity contribution in [1.29, 1.82) is 0 Å². The van der Waals surface area contributed by atoms with E-state index in [1.54, 1.807) is 18.2 Å². The van der Waals surface area contributed by atoms with Gasteiger partial charge in [-0.3, -0.25) is 0 Å². The Morgan fingerprint density at radius 2 is 2.11 bits per heavy atom. The number of rotatable bonds is 3. The molecule has 0 spiro atoms. The Labute approximate surface area is 117 Å². The number of hydrogen-bond acceptors (Lipinski definition) is 2. The first-order chi connectivity index (χ1) is 8.29. The van der Waals surface area contributed by atoms with Gasteiger partial charge in [-0.1, -0.05) is 23.4 Å². The van der Waals surface area contributed by atoms with E-state index in [1.165, 1.54) is 11.8 Å². The molecule has 1 N–H and O–H groups in total. The molecular formula is C14H15ClO2S. The van der Waals surface area contributed by atoms with Crippen LogP contribution in [0.3, 0.4) is 0 Å². The maximum absolute atomic E-state index is 10.9. The van der Waals surface area contributed by atoms with Crippen LogP contribution in [0.4, 0.5) is 0 Å². The summed E-state index contributed by atoms with van der Waals surface area (Å²) >= 11 is 7.30. The van der Waals surface area contributed by atoms with Crippen LogP contribution >= 0.6 is 23.4 Å². The van der Waals surface area contributed by atoms with Crippen LogP contribution < -0.4 is 0 Å². The lowest BCUT2D eigenvalue weighted by atomic mass is 9.98. The van der Waals surface area contributed by atoms with E-state index in [1.807, 2.05) is 0 Å². The van der Waals surface area contributed by atoms with Crippen molar-refractivity contribution in [3.8, 4) is 11.8 Å². The van der Waals surface area contributed by atoms with Crippen LogP contribution in [-0.2, 0) is 0 Å². The second-order valence-electron chi connectivity index (χ2n) is 4.79. The van der Waals surface area contributed by atoms with Crippen LogP contribution in [0, 0.1) is 17.3 Å². The molecule has 4 heteroatoms. The van der Waals surface area contributed by atoms with E-state index in [2.05, 4.69) is 32.6 Å². The number of carbonyl (C=O) groups is 1. The van der Waals surface area contributed by atoms with Crippen LogP contribution in [0.1, 0.15) is 31.1 Å². The summed E-state index contributed by atoms with van der Waals surface area (Å²) in [5.41, 5.74) is 0.123. The number of halogens is 1. The fourth-order valence-corrected chi connectivity index (χ4v) is 2.05. The minimum Gasteiger partial charge on any atom is -0.478 e. The molecule has 0 amide bonds. The highest BCUT2D eigenvalue weighted by atomic mass is 35.5. The van der Waals surface area contributed by atoms with Crippen LogP contribution in [0.25, 0.3) is 0 Å². The monoisotopic (exact) mass is 282 g/mol. The Balaban J connectivity index is 2.71. The summed E-state index contributed by atoms with van der Waals surface area (Å²) in [5, 5.41) is 9.20. The van der Waals surface area contributed by atoms with Gasteiger partial charge in [-0.05, 0) is 39.0 Å². The third kappa shape index (κ3) is 5.03. The predicted octanol–water partition coefficient (Wildman–Crippen LogP) is 4.18. The number of aromatic carboxylic acids is 1. The van der Waals surface area contributed by atoms with Gasteiger partial charge in [0.25, 0.3) is 0 Å². The molecule has 1 aromatic carbocycles. The molecule has 0 saturated heterocycles. The Morgan fingerprint density at radius 3 is 2.67 bits per heavy atom.